The lowest BCUT2D eigenvalue weighted by Crippen LogP contribution is -2.52. The average molecular weight is 442 g/mol. The first-order chi connectivity index (χ1) is 14.4. The van der Waals surface area contributed by atoms with Gasteiger partial charge in [0.25, 0.3) is 0 Å². The molecule has 7 nitrogen and oxygen atoms in total. The normalized spacial score (nSPS) is 17.7. The van der Waals surface area contributed by atoms with E-state index in [1.165, 1.54) is 23.9 Å². The Hall–Kier alpha value is -2.62. The molecule has 1 N–H and O–H groups in total. The van der Waals surface area contributed by atoms with Crippen LogP contribution in [0, 0.1) is 0 Å². The van der Waals surface area contributed by atoms with E-state index in [-0.39, 0.29) is 25.4 Å². The zero-order valence-corrected chi connectivity index (χ0v) is 18.2. The van der Waals surface area contributed by atoms with Gasteiger partial charge >= 0.3 is 6.18 Å². The Bertz CT molecular complexity index is 815. The van der Waals surface area contributed by atoms with Gasteiger partial charge in [-0.15, -0.1) is 0 Å². The maximum atomic E-state index is 12.8. The molecule has 1 saturated heterocycles. The van der Waals surface area contributed by atoms with Gasteiger partial charge in [-0.25, -0.2) is 0 Å². The molecule has 172 valence electrons. The van der Waals surface area contributed by atoms with Crippen molar-refractivity contribution in [1.29, 1.82) is 0 Å². The van der Waals surface area contributed by atoms with Gasteiger partial charge in [0.05, 0.1) is 18.6 Å². The number of nitrogens with one attached hydrogen (secondary N) is 1. The van der Waals surface area contributed by atoms with Gasteiger partial charge in [0.2, 0.25) is 17.7 Å². The van der Waals surface area contributed by atoms with Gasteiger partial charge < -0.3 is 15.1 Å². The molecule has 0 bridgehead atoms. The largest absolute Gasteiger partial charge is 0.406 e. The summed E-state index contributed by atoms with van der Waals surface area (Å²) in [5.74, 6) is -1.40. The monoisotopic (exact) mass is 442 g/mol. The first kappa shape index (κ1) is 24.6. The lowest BCUT2D eigenvalue weighted by molar-refractivity contribution is -0.159. The molecule has 1 fully saturated rings. The summed E-state index contributed by atoms with van der Waals surface area (Å²) in [5, 5.41) is 2.79. The molecule has 2 atom stereocenters. The highest BCUT2D eigenvalue weighted by atomic mass is 19.4. The van der Waals surface area contributed by atoms with Crippen LogP contribution in [0.1, 0.15) is 25.8 Å². The zero-order valence-electron chi connectivity index (χ0n) is 18.2. The number of likely N-dealkylation sites (N-methyl/N-ethyl adjacent to an activating group) is 2. The molecule has 0 radical (unpaired) electrons. The van der Waals surface area contributed by atoms with Crippen molar-refractivity contribution in [2.24, 2.45) is 0 Å². The Labute approximate surface area is 180 Å². The summed E-state index contributed by atoms with van der Waals surface area (Å²) in [6.07, 6.45) is -3.51. The third-order valence-electron chi connectivity index (χ3n) is 5.53. The minimum Gasteiger partial charge on any atom is -0.335 e. The van der Waals surface area contributed by atoms with Gasteiger partial charge in [0.1, 0.15) is 6.54 Å². The van der Waals surface area contributed by atoms with Gasteiger partial charge in [-0.05, 0) is 38.4 Å². The summed E-state index contributed by atoms with van der Waals surface area (Å²) >= 11 is 0. The first-order valence-corrected chi connectivity index (χ1v) is 10.1. The summed E-state index contributed by atoms with van der Waals surface area (Å²) in [6.45, 7) is 2.05. The van der Waals surface area contributed by atoms with Crippen molar-refractivity contribution < 1.29 is 27.6 Å². The third kappa shape index (κ3) is 6.43. The number of carbonyl (C=O) groups is 3. The van der Waals surface area contributed by atoms with Crippen LogP contribution in [0.25, 0.3) is 0 Å². The van der Waals surface area contributed by atoms with Crippen LogP contribution in [-0.4, -0.2) is 84.4 Å². The zero-order chi connectivity index (χ0) is 23.3. The smallest absolute Gasteiger partial charge is 0.335 e. The second kappa shape index (κ2) is 10.1. The van der Waals surface area contributed by atoms with Crippen molar-refractivity contribution in [3.63, 3.8) is 0 Å². The van der Waals surface area contributed by atoms with E-state index in [1.54, 1.807) is 19.1 Å². The number of benzene rings is 1. The van der Waals surface area contributed by atoms with Crippen molar-refractivity contribution in [2.75, 3.05) is 39.0 Å². The lowest BCUT2D eigenvalue weighted by Gasteiger charge is -2.31. The van der Waals surface area contributed by atoms with E-state index in [9.17, 15) is 27.6 Å². The number of hydrogen-bond donors (Lipinski definition) is 1. The van der Waals surface area contributed by atoms with Crippen molar-refractivity contribution in [2.45, 2.75) is 44.9 Å². The second-order valence-corrected chi connectivity index (χ2v) is 7.77. The van der Waals surface area contributed by atoms with Crippen molar-refractivity contribution >= 4 is 23.4 Å². The molecule has 1 aliphatic heterocycles. The van der Waals surface area contributed by atoms with E-state index in [4.69, 9.17) is 0 Å². The quantitative estimate of drug-likeness (QED) is 0.670. The summed E-state index contributed by atoms with van der Waals surface area (Å²) in [5.41, 5.74) is 1.66. The Morgan fingerprint density at radius 2 is 1.90 bits per heavy atom. The summed E-state index contributed by atoms with van der Waals surface area (Å²) < 4.78 is 37.9. The van der Waals surface area contributed by atoms with E-state index < -0.39 is 36.6 Å². The van der Waals surface area contributed by atoms with Crippen LogP contribution in [0.3, 0.4) is 0 Å². The Kier molecular flexibility index (Phi) is 8.05. The first-order valence-electron chi connectivity index (χ1n) is 10.1. The predicted molar refractivity (Wildman–Crippen MR) is 110 cm³/mol. The number of hydrogen-bond acceptors (Lipinski definition) is 4. The summed E-state index contributed by atoms with van der Waals surface area (Å²) in [7, 11) is 3.01. The molecule has 1 heterocycles. The van der Waals surface area contributed by atoms with Gasteiger partial charge in [0.15, 0.2) is 0 Å². The van der Waals surface area contributed by atoms with Crippen LogP contribution in [-0.2, 0) is 20.8 Å². The maximum Gasteiger partial charge on any atom is 0.406 e. The molecule has 2 unspecified atom stereocenters. The fourth-order valence-corrected chi connectivity index (χ4v) is 3.67. The van der Waals surface area contributed by atoms with Crippen LogP contribution in [0.2, 0.25) is 0 Å². The molecular weight excluding hydrogens is 413 g/mol. The highest BCUT2D eigenvalue weighted by Gasteiger charge is 2.42. The number of aryl methyl sites for hydroxylation is 1. The molecule has 2 rings (SSSR count). The lowest BCUT2D eigenvalue weighted by atomic mass is 10.1. The number of halogens is 3. The van der Waals surface area contributed by atoms with Crippen molar-refractivity contribution in [3.8, 4) is 0 Å². The maximum absolute atomic E-state index is 12.8. The Morgan fingerprint density at radius 3 is 2.52 bits per heavy atom. The third-order valence-corrected chi connectivity index (χ3v) is 5.53. The van der Waals surface area contributed by atoms with Gasteiger partial charge in [-0.1, -0.05) is 25.1 Å². The van der Waals surface area contributed by atoms with E-state index in [1.807, 2.05) is 19.1 Å². The Morgan fingerprint density at radius 1 is 1.26 bits per heavy atom. The molecule has 0 aliphatic carbocycles. The number of carbonyl (C=O) groups excluding carboxylic acids is 3. The standard InChI is InChI=1S/C21H29F3N4O3/c1-5-15-8-6-7-9-16(15)25-18(29)12-26(3)19(30)14(2)27(4)17-10-11-28(20(17)31)13-21(22,23)24/h6-9,14,17H,5,10-13H2,1-4H3,(H,25,29). The van der Waals surface area contributed by atoms with Crippen LogP contribution < -0.4 is 5.32 Å². The van der Waals surface area contributed by atoms with E-state index in [0.717, 1.165) is 16.9 Å². The van der Waals surface area contributed by atoms with Crippen molar-refractivity contribution in [1.82, 2.24) is 14.7 Å². The molecular formula is C21H29F3N4O3. The van der Waals surface area contributed by atoms with Crippen LogP contribution in [0.5, 0.6) is 0 Å². The van der Waals surface area contributed by atoms with E-state index in [2.05, 4.69) is 5.32 Å². The minimum atomic E-state index is -4.46. The van der Waals surface area contributed by atoms with Crippen LogP contribution >= 0.6 is 0 Å². The van der Waals surface area contributed by atoms with Gasteiger partial charge in [0, 0.05) is 19.3 Å². The predicted octanol–water partition coefficient (Wildman–Crippen LogP) is 2.13. The number of likely N-dealkylation sites (tertiary alicyclic amines) is 1. The highest BCUT2D eigenvalue weighted by molar-refractivity contribution is 5.96. The second-order valence-electron chi connectivity index (χ2n) is 7.77. The summed E-state index contributed by atoms with van der Waals surface area (Å²) in [6, 6.07) is 5.79. The van der Waals surface area contributed by atoms with Gasteiger partial charge in [-0.2, -0.15) is 13.2 Å². The average Bonchev–Trinajstić information content (AvgIpc) is 3.05. The van der Waals surface area contributed by atoms with Crippen LogP contribution in [0.4, 0.5) is 18.9 Å². The molecule has 1 aromatic rings. The SMILES string of the molecule is CCc1ccccc1NC(=O)CN(C)C(=O)C(C)N(C)C1CCN(CC(F)(F)F)C1=O. The number of rotatable bonds is 8. The molecule has 10 heteroatoms. The fourth-order valence-electron chi connectivity index (χ4n) is 3.67. The number of anilines is 1. The molecule has 0 spiro atoms. The molecule has 0 aromatic heterocycles. The molecule has 0 saturated carbocycles. The minimum absolute atomic E-state index is 0.0106. The molecule has 3 amide bonds. The Balaban J connectivity index is 1.94. The van der Waals surface area contributed by atoms with E-state index >= 15 is 0 Å². The van der Waals surface area contributed by atoms with Crippen molar-refractivity contribution in [3.05, 3.63) is 29.8 Å². The summed E-state index contributed by atoms with van der Waals surface area (Å²) in [4.78, 5) is 41.0. The number of para-hydroxylation sites is 1. The molecule has 31 heavy (non-hydrogen) atoms. The highest BCUT2D eigenvalue weighted by Crippen LogP contribution is 2.24. The van der Waals surface area contributed by atoms with E-state index in [0.29, 0.717) is 5.69 Å². The van der Waals surface area contributed by atoms with Crippen LogP contribution in [0.15, 0.2) is 24.3 Å². The van der Waals surface area contributed by atoms with Gasteiger partial charge in [-0.3, -0.25) is 19.3 Å². The number of alkyl halides is 3. The molecule has 1 aromatic carbocycles. The topological polar surface area (TPSA) is 73.0 Å². The number of amides is 3. The fraction of sp³-hybridized carbons (Fsp3) is 0.571. The molecule has 1 aliphatic rings. The number of nitrogens with zero attached hydrogens (tertiary/aromatic N) is 3.